The van der Waals surface area contributed by atoms with Gasteiger partial charge in [0.05, 0.1) is 20.8 Å². The lowest BCUT2D eigenvalue weighted by atomic mass is 9.99. The first-order valence-corrected chi connectivity index (χ1v) is 5.37. The van der Waals surface area contributed by atoms with E-state index in [2.05, 4.69) is 0 Å². The molecule has 0 aliphatic carbocycles. The lowest BCUT2D eigenvalue weighted by molar-refractivity contribution is 0.132. The number of amides is 1. The van der Waals surface area contributed by atoms with E-state index in [1.54, 1.807) is 25.3 Å². The van der Waals surface area contributed by atoms with Crippen LogP contribution in [-0.2, 0) is 4.74 Å². The summed E-state index contributed by atoms with van der Waals surface area (Å²) in [6.45, 7) is -0.190. The van der Waals surface area contributed by atoms with E-state index in [1.807, 2.05) is 0 Å². The molecule has 1 aromatic carbocycles. The predicted octanol–water partition coefficient (Wildman–Crippen LogP) is 0.875. The van der Waals surface area contributed by atoms with Crippen molar-refractivity contribution in [2.24, 2.45) is 5.73 Å². The summed E-state index contributed by atoms with van der Waals surface area (Å²) in [5, 5.41) is 9.32. The lowest BCUT2D eigenvalue weighted by Crippen LogP contribution is -2.20. The second-order valence-corrected chi connectivity index (χ2v) is 3.62. The van der Waals surface area contributed by atoms with Crippen LogP contribution >= 0.6 is 0 Å². The van der Waals surface area contributed by atoms with E-state index in [0.29, 0.717) is 11.5 Å². The molecule has 1 rings (SSSR count). The molecule has 0 saturated carbocycles. The molecule has 0 saturated heterocycles. The molecule has 0 bridgehead atoms. The van der Waals surface area contributed by atoms with Crippen molar-refractivity contribution < 1.29 is 24.1 Å². The second-order valence-electron chi connectivity index (χ2n) is 3.62. The van der Waals surface area contributed by atoms with E-state index < -0.39 is 12.0 Å². The van der Waals surface area contributed by atoms with Crippen molar-refractivity contribution in [3.8, 4) is 11.5 Å². The van der Waals surface area contributed by atoms with Gasteiger partial charge in [-0.3, -0.25) is 0 Å². The molecule has 1 aromatic rings. The minimum absolute atomic E-state index is 0.00543. The van der Waals surface area contributed by atoms with Gasteiger partial charge < -0.3 is 25.1 Å². The molecule has 100 valence electrons. The fraction of sp³-hybridized carbons (Fsp3) is 0.417. The summed E-state index contributed by atoms with van der Waals surface area (Å²) < 4.78 is 15.0. The molecule has 0 aromatic heterocycles. The maximum atomic E-state index is 10.6. The Morgan fingerprint density at radius 3 is 2.61 bits per heavy atom. The zero-order chi connectivity index (χ0) is 13.5. The first-order valence-electron chi connectivity index (χ1n) is 5.37. The third kappa shape index (κ3) is 3.53. The lowest BCUT2D eigenvalue weighted by Gasteiger charge is -2.17. The van der Waals surface area contributed by atoms with Gasteiger partial charge in [-0.15, -0.1) is 0 Å². The second kappa shape index (κ2) is 6.70. The number of rotatable bonds is 6. The van der Waals surface area contributed by atoms with Crippen molar-refractivity contribution in [1.82, 2.24) is 0 Å². The maximum absolute atomic E-state index is 10.6. The molecule has 1 unspecified atom stereocenters. The van der Waals surface area contributed by atoms with Crippen LogP contribution in [0.4, 0.5) is 4.79 Å². The molecule has 0 aliphatic rings. The monoisotopic (exact) mass is 255 g/mol. The van der Waals surface area contributed by atoms with Crippen LogP contribution in [-0.4, -0.2) is 38.6 Å². The number of ether oxygens (including phenoxy) is 3. The van der Waals surface area contributed by atoms with Gasteiger partial charge >= 0.3 is 6.09 Å². The van der Waals surface area contributed by atoms with Gasteiger partial charge in [-0.25, -0.2) is 4.79 Å². The van der Waals surface area contributed by atoms with Crippen LogP contribution in [0.2, 0.25) is 0 Å². The maximum Gasteiger partial charge on any atom is 0.404 e. The Labute approximate surface area is 105 Å². The molecule has 1 amide bonds. The molecule has 0 spiro atoms. The molecule has 6 nitrogen and oxygen atoms in total. The van der Waals surface area contributed by atoms with E-state index in [-0.39, 0.29) is 13.2 Å². The number of methoxy groups -OCH3 is 2. The molecule has 0 heterocycles. The van der Waals surface area contributed by atoms with Crippen molar-refractivity contribution >= 4 is 6.09 Å². The Morgan fingerprint density at radius 1 is 1.39 bits per heavy atom. The van der Waals surface area contributed by atoms with Crippen molar-refractivity contribution in [3.63, 3.8) is 0 Å². The highest BCUT2D eigenvalue weighted by atomic mass is 16.5. The Morgan fingerprint density at radius 2 is 2.11 bits per heavy atom. The van der Waals surface area contributed by atoms with Crippen LogP contribution in [0.5, 0.6) is 11.5 Å². The summed E-state index contributed by atoms with van der Waals surface area (Å²) in [6.07, 6.45) is -0.874. The molecule has 3 N–H and O–H groups in total. The highest BCUT2D eigenvalue weighted by Gasteiger charge is 2.17. The van der Waals surface area contributed by atoms with E-state index in [4.69, 9.17) is 19.9 Å². The van der Waals surface area contributed by atoms with Crippen molar-refractivity contribution in [2.75, 3.05) is 27.4 Å². The first-order chi connectivity index (χ1) is 8.62. The topological polar surface area (TPSA) is 91.0 Å². The first kappa shape index (κ1) is 14.1. The molecule has 0 aliphatic heterocycles. The van der Waals surface area contributed by atoms with Gasteiger partial charge in [0.2, 0.25) is 0 Å². The average molecular weight is 255 g/mol. The van der Waals surface area contributed by atoms with Crippen LogP contribution < -0.4 is 15.2 Å². The van der Waals surface area contributed by atoms with E-state index in [0.717, 1.165) is 5.56 Å². The van der Waals surface area contributed by atoms with Gasteiger partial charge in [-0.1, -0.05) is 6.07 Å². The predicted molar refractivity (Wildman–Crippen MR) is 64.9 cm³/mol. The van der Waals surface area contributed by atoms with E-state index in [9.17, 15) is 9.90 Å². The van der Waals surface area contributed by atoms with Gasteiger partial charge in [-0.2, -0.15) is 0 Å². The van der Waals surface area contributed by atoms with Crippen LogP contribution in [0.3, 0.4) is 0 Å². The quantitative estimate of drug-likeness (QED) is 0.787. The average Bonchev–Trinajstić information content (AvgIpc) is 2.39. The van der Waals surface area contributed by atoms with Crippen LogP contribution in [0.15, 0.2) is 18.2 Å². The number of primary amides is 1. The van der Waals surface area contributed by atoms with Gasteiger partial charge in [0.25, 0.3) is 0 Å². The Balaban J connectivity index is 2.93. The normalized spacial score (nSPS) is 11.7. The fourth-order valence-electron chi connectivity index (χ4n) is 1.58. The van der Waals surface area contributed by atoms with Gasteiger partial charge in [0.15, 0.2) is 0 Å². The summed E-state index contributed by atoms with van der Waals surface area (Å²) in [6, 6.07) is 5.19. The van der Waals surface area contributed by atoms with Crippen LogP contribution in [0, 0.1) is 0 Å². The van der Waals surface area contributed by atoms with Crippen LogP contribution in [0.1, 0.15) is 11.5 Å². The summed E-state index contributed by atoms with van der Waals surface area (Å²) in [5.41, 5.74) is 5.62. The molecule has 6 heteroatoms. The van der Waals surface area contributed by atoms with Gasteiger partial charge in [0.1, 0.15) is 18.1 Å². The zero-order valence-electron chi connectivity index (χ0n) is 10.4. The number of aliphatic hydroxyl groups excluding tert-OH is 1. The van der Waals surface area contributed by atoms with E-state index >= 15 is 0 Å². The Hall–Kier alpha value is -1.95. The number of carbonyl (C=O) groups is 1. The molecular weight excluding hydrogens is 238 g/mol. The number of benzene rings is 1. The third-order valence-electron chi connectivity index (χ3n) is 2.53. The van der Waals surface area contributed by atoms with Gasteiger partial charge in [-0.05, 0) is 6.07 Å². The third-order valence-corrected chi connectivity index (χ3v) is 2.53. The van der Waals surface area contributed by atoms with Crippen molar-refractivity contribution in [3.05, 3.63) is 23.8 Å². The van der Waals surface area contributed by atoms with E-state index in [1.165, 1.54) is 7.11 Å². The summed E-state index contributed by atoms with van der Waals surface area (Å²) >= 11 is 0. The number of carbonyl (C=O) groups excluding carboxylic acids is 1. The Kier molecular flexibility index (Phi) is 5.26. The number of hydrogen-bond donors (Lipinski definition) is 2. The van der Waals surface area contributed by atoms with Crippen molar-refractivity contribution in [2.45, 2.75) is 5.92 Å². The van der Waals surface area contributed by atoms with Crippen molar-refractivity contribution in [1.29, 1.82) is 0 Å². The number of hydrogen-bond acceptors (Lipinski definition) is 5. The molecule has 0 fully saturated rings. The number of aliphatic hydroxyl groups is 1. The molecule has 1 atom stereocenters. The highest BCUT2D eigenvalue weighted by Crippen LogP contribution is 2.30. The smallest absolute Gasteiger partial charge is 0.404 e. The highest BCUT2D eigenvalue weighted by molar-refractivity contribution is 5.64. The summed E-state index contributed by atoms with van der Waals surface area (Å²) in [5.74, 6) is 0.808. The molecular formula is C12H17NO5. The minimum atomic E-state index is -0.874. The van der Waals surface area contributed by atoms with Crippen LogP contribution in [0.25, 0.3) is 0 Å². The minimum Gasteiger partial charge on any atom is -0.497 e. The largest absolute Gasteiger partial charge is 0.497 e. The Bertz CT molecular complexity index is 407. The SMILES string of the molecule is COc1ccc(C(CO)COC(N)=O)c(OC)c1. The summed E-state index contributed by atoms with van der Waals surface area (Å²) in [7, 11) is 3.07. The zero-order valence-corrected chi connectivity index (χ0v) is 10.4. The standard InChI is InChI=1S/C12H17NO5/c1-16-9-3-4-10(11(5-9)17-2)8(6-14)7-18-12(13)15/h3-5,8,14H,6-7H2,1-2H3,(H2,13,15). The molecule has 0 radical (unpaired) electrons. The molecule has 18 heavy (non-hydrogen) atoms. The summed E-state index contributed by atoms with van der Waals surface area (Å²) in [4.78, 5) is 10.6. The number of nitrogens with two attached hydrogens (primary N) is 1. The van der Waals surface area contributed by atoms with Gasteiger partial charge in [0, 0.05) is 17.5 Å². The fourth-order valence-corrected chi connectivity index (χ4v) is 1.58.